The molecule has 2 aliphatic heterocycles. The lowest BCUT2D eigenvalue weighted by molar-refractivity contribution is -0.220. The monoisotopic (exact) mass is 315 g/mol. The Labute approximate surface area is 137 Å². The van der Waals surface area contributed by atoms with E-state index in [0.29, 0.717) is 12.5 Å². The average Bonchev–Trinajstić information content (AvgIpc) is 2.47. The molecular weight excluding hydrogens is 290 g/mol. The van der Waals surface area contributed by atoms with Crippen LogP contribution >= 0.6 is 0 Å². The van der Waals surface area contributed by atoms with Crippen LogP contribution in [0.5, 0.6) is 5.75 Å². The van der Waals surface area contributed by atoms with Crippen molar-refractivity contribution in [2.45, 2.75) is 57.2 Å². The Bertz CT molecular complexity index is 590. The van der Waals surface area contributed by atoms with Gasteiger partial charge in [-0.1, -0.05) is 6.07 Å². The smallest absolute Gasteiger partial charge is 0.227 e. The van der Waals surface area contributed by atoms with Crippen LogP contribution in [0.1, 0.15) is 44.1 Å². The molecule has 4 heteroatoms. The SMILES string of the molecule is COc1ccc(C)c(NC(=O)CC23CC4CC(CC(C4)O2)C3)c1. The third kappa shape index (κ3) is 2.85. The molecule has 4 fully saturated rings. The molecule has 0 radical (unpaired) electrons. The molecule has 0 spiro atoms. The molecular formula is C19H25NO3. The summed E-state index contributed by atoms with van der Waals surface area (Å²) in [4.78, 5) is 12.6. The summed E-state index contributed by atoms with van der Waals surface area (Å²) < 4.78 is 11.6. The van der Waals surface area contributed by atoms with Crippen LogP contribution in [0.15, 0.2) is 18.2 Å². The molecule has 2 aliphatic carbocycles. The summed E-state index contributed by atoms with van der Waals surface area (Å²) in [5, 5.41) is 3.06. The Balaban J connectivity index is 1.46. The van der Waals surface area contributed by atoms with Gasteiger partial charge < -0.3 is 14.8 Å². The van der Waals surface area contributed by atoms with Crippen LogP contribution in [0.2, 0.25) is 0 Å². The zero-order chi connectivity index (χ0) is 16.0. The van der Waals surface area contributed by atoms with Crippen molar-refractivity contribution in [3.63, 3.8) is 0 Å². The van der Waals surface area contributed by atoms with Crippen molar-refractivity contribution < 1.29 is 14.3 Å². The second-order valence-electron chi connectivity index (χ2n) is 7.68. The zero-order valence-electron chi connectivity index (χ0n) is 13.9. The summed E-state index contributed by atoms with van der Waals surface area (Å²) in [6, 6.07) is 5.76. The number of methoxy groups -OCH3 is 1. The predicted molar refractivity (Wildman–Crippen MR) is 88.6 cm³/mol. The number of ether oxygens (including phenoxy) is 2. The molecule has 0 aromatic heterocycles. The Morgan fingerprint density at radius 3 is 2.70 bits per heavy atom. The first-order valence-corrected chi connectivity index (χ1v) is 8.67. The van der Waals surface area contributed by atoms with E-state index in [4.69, 9.17) is 9.47 Å². The molecule has 1 N–H and O–H groups in total. The van der Waals surface area contributed by atoms with E-state index in [0.717, 1.165) is 41.7 Å². The first-order chi connectivity index (χ1) is 11.0. The Kier molecular flexibility index (Phi) is 3.60. The van der Waals surface area contributed by atoms with Gasteiger partial charge in [0.2, 0.25) is 5.91 Å². The van der Waals surface area contributed by atoms with E-state index in [9.17, 15) is 4.79 Å². The highest BCUT2D eigenvalue weighted by molar-refractivity contribution is 5.92. The standard InChI is InChI=1S/C19H25NO3/c1-12-3-4-15(22-2)8-17(12)20-18(21)11-19-9-13-5-14(10-19)7-16(6-13)23-19/h3-4,8,13-14,16H,5-7,9-11H2,1-2H3,(H,20,21). The average molecular weight is 315 g/mol. The minimum absolute atomic E-state index is 0.0586. The fraction of sp³-hybridized carbons (Fsp3) is 0.632. The molecule has 1 amide bonds. The molecule has 2 saturated heterocycles. The maximum atomic E-state index is 12.6. The Morgan fingerprint density at radius 2 is 2.04 bits per heavy atom. The van der Waals surface area contributed by atoms with Crippen molar-refractivity contribution in [1.29, 1.82) is 0 Å². The maximum Gasteiger partial charge on any atom is 0.227 e. The largest absolute Gasteiger partial charge is 0.497 e. The van der Waals surface area contributed by atoms with E-state index < -0.39 is 0 Å². The number of anilines is 1. The first-order valence-electron chi connectivity index (χ1n) is 8.67. The normalized spacial score (nSPS) is 34.4. The molecule has 2 saturated carbocycles. The summed E-state index contributed by atoms with van der Waals surface area (Å²) in [5.41, 5.74) is 1.68. The van der Waals surface area contributed by atoms with Crippen LogP contribution < -0.4 is 10.1 Å². The molecule has 2 atom stereocenters. The third-order valence-electron chi connectivity index (χ3n) is 5.80. The summed E-state index contributed by atoms with van der Waals surface area (Å²) in [6.45, 7) is 2.00. The minimum Gasteiger partial charge on any atom is -0.497 e. The second kappa shape index (κ2) is 5.52. The lowest BCUT2D eigenvalue weighted by atomic mass is 9.61. The van der Waals surface area contributed by atoms with Crippen LogP contribution in [-0.2, 0) is 9.53 Å². The number of carbonyl (C=O) groups excluding carboxylic acids is 1. The van der Waals surface area contributed by atoms with E-state index in [1.807, 2.05) is 25.1 Å². The third-order valence-corrected chi connectivity index (χ3v) is 5.80. The van der Waals surface area contributed by atoms with Gasteiger partial charge in [0.1, 0.15) is 5.75 Å². The number of hydrogen-bond donors (Lipinski definition) is 1. The molecule has 4 nitrogen and oxygen atoms in total. The fourth-order valence-electron chi connectivity index (χ4n) is 5.05. The minimum atomic E-state index is -0.203. The summed E-state index contributed by atoms with van der Waals surface area (Å²) >= 11 is 0. The lowest BCUT2D eigenvalue weighted by Crippen LogP contribution is -2.55. The van der Waals surface area contributed by atoms with Crippen molar-refractivity contribution in [3.05, 3.63) is 23.8 Å². The van der Waals surface area contributed by atoms with Gasteiger partial charge in [-0.15, -0.1) is 0 Å². The highest BCUT2D eigenvalue weighted by Crippen LogP contribution is 2.54. The summed E-state index contributed by atoms with van der Waals surface area (Å²) in [5.74, 6) is 2.36. The van der Waals surface area contributed by atoms with Gasteiger partial charge in [-0.05, 0) is 62.5 Å². The van der Waals surface area contributed by atoms with Crippen molar-refractivity contribution in [1.82, 2.24) is 0 Å². The van der Waals surface area contributed by atoms with Gasteiger partial charge in [-0.2, -0.15) is 0 Å². The zero-order valence-corrected chi connectivity index (χ0v) is 13.9. The van der Waals surface area contributed by atoms with Gasteiger partial charge in [0.15, 0.2) is 0 Å². The lowest BCUT2D eigenvalue weighted by Gasteiger charge is -2.56. The van der Waals surface area contributed by atoms with Gasteiger partial charge in [0, 0.05) is 11.8 Å². The van der Waals surface area contributed by atoms with Gasteiger partial charge >= 0.3 is 0 Å². The highest BCUT2D eigenvalue weighted by Gasteiger charge is 2.52. The van der Waals surface area contributed by atoms with Crippen molar-refractivity contribution in [2.24, 2.45) is 11.8 Å². The van der Waals surface area contributed by atoms with E-state index in [2.05, 4.69) is 5.32 Å². The van der Waals surface area contributed by atoms with Crippen LogP contribution in [0.25, 0.3) is 0 Å². The first kappa shape index (κ1) is 15.0. The molecule has 4 bridgehead atoms. The fourth-order valence-corrected chi connectivity index (χ4v) is 5.05. The maximum absolute atomic E-state index is 12.6. The van der Waals surface area contributed by atoms with Crippen LogP contribution in [0, 0.1) is 18.8 Å². The van der Waals surface area contributed by atoms with Crippen LogP contribution in [0.3, 0.4) is 0 Å². The van der Waals surface area contributed by atoms with Crippen LogP contribution in [-0.4, -0.2) is 24.7 Å². The Morgan fingerprint density at radius 1 is 1.30 bits per heavy atom. The number of carbonyl (C=O) groups is 1. The van der Waals surface area contributed by atoms with Crippen LogP contribution in [0.4, 0.5) is 5.69 Å². The topological polar surface area (TPSA) is 47.6 Å². The van der Waals surface area contributed by atoms with Gasteiger partial charge in [0.05, 0.1) is 25.2 Å². The molecule has 124 valence electrons. The number of benzene rings is 1. The van der Waals surface area contributed by atoms with Gasteiger partial charge in [-0.25, -0.2) is 0 Å². The number of nitrogens with one attached hydrogen (secondary N) is 1. The van der Waals surface area contributed by atoms with E-state index in [1.165, 1.54) is 19.3 Å². The Hall–Kier alpha value is -1.55. The van der Waals surface area contributed by atoms with Gasteiger partial charge in [0.25, 0.3) is 0 Å². The second-order valence-corrected chi connectivity index (χ2v) is 7.68. The molecule has 2 heterocycles. The summed E-state index contributed by atoms with van der Waals surface area (Å²) in [6.07, 6.45) is 6.75. The van der Waals surface area contributed by atoms with Crippen molar-refractivity contribution in [2.75, 3.05) is 12.4 Å². The molecule has 1 aromatic carbocycles. The molecule has 4 aliphatic rings. The molecule has 2 unspecified atom stereocenters. The predicted octanol–water partition coefficient (Wildman–Crippen LogP) is 3.68. The highest BCUT2D eigenvalue weighted by atomic mass is 16.5. The van der Waals surface area contributed by atoms with Crippen molar-refractivity contribution >= 4 is 11.6 Å². The molecule has 23 heavy (non-hydrogen) atoms. The van der Waals surface area contributed by atoms with E-state index in [1.54, 1.807) is 7.11 Å². The number of hydrogen-bond acceptors (Lipinski definition) is 3. The van der Waals surface area contributed by atoms with E-state index in [-0.39, 0.29) is 11.5 Å². The summed E-state index contributed by atoms with van der Waals surface area (Å²) in [7, 11) is 1.64. The number of rotatable bonds is 4. The van der Waals surface area contributed by atoms with Crippen molar-refractivity contribution in [3.8, 4) is 5.75 Å². The molecule has 5 rings (SSSR count). The van der Waals surface area contributed by atoms with E-state index >= 15 is 0 Å². The quantitative estimate of drug-likeness (QED) is 0.922. The number of aryl methyl sites for hydroxylation is 1. The molecule has 1 aromatic rings. The van der Waals surface area contributed by atoms with Gasteiger partial charge in [-0.3, -0.25) is 4.79 Å². The number of amides is 1.